The smallest absolute Gasteiger partial charge is 0.335 e. The number of carbonyl (C=O) groups is 3. The molecule has 1 aliphatic heterocycles. The van der Waals surface area contributed by atoms with Crippen molar-refractivity contribution in [3.8, 4) is 17.2 Å². The fourth-order valence-corrected chi connectivity index (χ4v) is 4.55. The van der Waals surface area contributed by atoms with Crippen molar-refractivity contribution in [1.29, 1.82) is 0 Å². The summed E-state index contributed by atoms with van der Waals surface area (Å²) in [4.78, 5) is 39.7. The van der Waals surface area contributed by atoms with Gasteiger partial charge in [-0.15, -0.1) is 0 Å². The molecule has 4 amide bonds. The summed E-state index contributed by atoms with van der Waals surface area (Å²) in [7, 11) is 1.52. The molecule has 1 saturated heterocycles. The summed E-state index contributed by atoms with van der Waals surface area (Å²) in [6.07, 6.45) is 1.42. The third-order valence-electron chi connectivity index (χ3n) is 7.19. The van der Waals surface area contributed by atoms with Crippen molar-refractivity contribution < 1.29 is 28.6 Å². The molecule has 1 heterocycles. The molecule has 0 unspecified atom stereocenters. The standard InChI is InChI=1S/C35H32N2O6/c1-22-5-8-25(9-6-22)20-42-29-14-12-28(13-15-29)37-34(39)30(33(38)36-35(37)40)18-26-11-16-31(32(19-26)41-4)43-21-27-10-7-23(2)24(3)17-27/h5-19H,20-21H2,1-4H3,(H,36,38,40)/b30-18+. The SMILES string of the molecule is COc1cc(/C=C2\C(=O)NC(=O)N(c3ccc(OCc4ccc(C)cc4)cc3)C2=O)ccc1OCc1ccc(C)c(C)c1. The van der Waals surface area contributed by atoms with Gasteiger partial charge in [0, 0.05) is 0 Å². The van der Waals surface area contributed by atoms with Crippen molar-refractivity contribution in [1.82, 2.24) is 5.32 Å². The van der Waals surface area contributed by atoms with Crippen LogP contribution in [0.3, 0.4) is 0 Å². The van der Waals surface area contributed by atoms with E-state index in [4.69, 9.17) is 14.2 Å². The Kier molecular flexibility index (Phi) is 8.57. The highest BCUT2D eigenvalue weighted by molar-refractivity contribution is 6.39. The first-order valence-electron chi connectivity index (χ1n) is 13.8. The number of imide groups is 2. The van der Waals surface area contributed by atoms with Crippen molar-refractivity contribution in [2.75, 3.05) is 12.0 Å². The van der Waals surface area contributed by atoms with Crippen LogP contribution >= 0.6 is 0 Å². The van der Waals surface area contributed by atoms with Gasteiger partial charge < -0.3 is 14.2 Å². The molecule has 0 aliphatic carbocycles. The minimum atomic E-state index is -0.826. The fraction of sp³-hybridized carbons (Fsp3) is 0.171. The summed E-state index contributed by atoms with van der Waals surface area (Å²) in [6, 6.07) is 25.0. The van der Waals surface area contributed by atoms with E-state index in [0.717, 1.165) is 16.0 Å². The quantitative estimate of drug-likeness (QED) is 0.182. The number of hydrogen-bond donors (Lipinski definition) is 1. The molecular weight excluding hydrogens is 544 g/mol. The monoisotopic (exact) mass is 576 g/mol. The Balaban J connectivity index is 1.30. The summed E-state index contributed by atoms with van der Waals surface area (Å²) in [5.74, 6) is 0.0159. The molecule has 0 aromatic heterocycles. The number of nitrogens with zero attached hydrogens (tertiary/aromatic N) is 1. The Bertz CT molecular complexity index is 1710. The zero-order chi connectivity index (χ0) is 30.5. The number of amides is 4. The lowest BCUT2D eigenvalue weighted by Crippen LogP contribution is -2.54. The summed E-state index contributed by atoms with van der Waals surface area (Å²) in [5.41, 5.74) is 6.24. The molecule has 8 heteroatoms. The first-order chi connectivity index (χ1) is 20.7. The van der Waals surface area contributed by atoms with E-state index in [1.807, 2.05) is 37.3 Å². The van der Waals surface area contributed by atoms with Crippen molar-refractivity contribution in [2.24, 2.45) is 0 Å². The van der Waals surface area contributed by atoms with E-state index in [2.05, 4.69) is 31.3 Å². The number of carbonyl (C=O) groups excluding carboxylic acids is 3. The van der Waals surface area contributed by atoms with Gasteiger partial charge in [0.05, 0.1) is 12.8 Å². The molecule has 0 radical (unpaired) electrons. The maximum Gasteiger partial charge on any atom is 0.335 e. The molecule has 43 heavy (non-hydrogen) atoms. The maximum atomic E-state index is 13.4. The second kappa shape index (κ2) is 12.7. The number of barbiturate groups is 1. The summed E-state index contributed by atoms with van der Waals surface area (Å²) < 4.78 is 17.3. The van der Waals surface area contributed by atoms with E-state index in [1.165, 1.54) is 29.9 Å². The van der Waals surface area contributed by atoms with Crippen molar-refractivity contribution in [3.63, 3.8) is 0 Å². The second-order valence-corrected chi connectivity index (χ2v) is 10.3. The van der Waals surface area contributed by atoms with E-state index in [0.29, 0.717) is 41.7 Å². The Labute approximate surface area is 250 Å². The van der Waals surface area contributed by atoms with E-state index in [-0.39, 0.29) is 5.57 Å². The minimum absolute atomic E-state index is 0.190. The molecule has 5 rings (SSSR count). The summed E-state index contributed by atoms with van der Waals surface area (Å²) in [6.45, 7) is 6.86. The van der Waals surface area contributed by atoms with Crippen LogP contribution in [0, 0.1) is 20.8 Å². The fourth-order valence-electron chi connectivity index (χ4n) is 4.55. The van der Waals surface area contributed by atoms with Crippen LogP contribution in [0.25, 0.3) is 6.08 Å². The van der Waals surface area contributed by atoms with Crippen LogP contribution in [0.5, 0.6) is 17.2 Å². The summed E-state index contributed by atoms with van der Waals surface area (Å²) in [5, 5.41) is 2.25. The third kappa shape index (κ3) is 6.76. The molecular formula is C35H32N2O6. The minimum Gasteiger partial charge on any atom is -0.493 e. The number of nitrogens with one attached hydrogen (secondary N) is 1. The zero-order valence-corrected chi connectivity index (χ0v) is 24.5. The van der Waals surface area contributed by atoms with E-state index in [9.17, 15) is 14.4 Å². The van der Waals surface area contributed by atoms with Gasteiger partial charge in [0.2, 0.25) is 0 Å². The van der Waals surface area contributed by atoms with Gasteiger partial charge in [0.1, 0.15) is 24.5 Å². The molecule has 0 bridgehead atoms. The molecule has 4 aromatic carbocycles. The molecule has 4 aromatic rings. The number of methoxy groups -OCH3 is 1. The van der Waals surface area contributed by atoms with Gasteiger partial charge in [0.15, 0.2) is 11.5 Å². The second-order valence-electron chi connectivity index (χ2n) is 10.3. The van der Waals surface area contributed by atoms with Crippen LogP contribution in [0.2, 0.25) is 0 Å². The first kappa shape index (κ1) is 29.1. The Morgan fingerprint density at radius 3 is 2.12 bits per heavy atom. The lowest BCUT2D eigenvalue weighted by molar-refractivity contribution is -0.122. The number of rotatable bonds is 9. The molecule has 0 saturated carbocycles. The van der Waals surface area contributed by atoms with Crippen molar-refractivity contribution in [2.45, 2.75) is 34.0 Å². The predicted octanol–water partition coefficient (Wildman–Crippen LogP) is 6.44. The molecule has 8 nitrogen and oxygen atoms in total. The van der Waals surface area contributed by atoms with Gasteiger partial charge in [-0.2, -0.15) is 0 Å². The number of ether oxygens (including phenoxy) is 3. The van der Waals surface area contributed by atoms with Crippen LogP contribution in [-0.4, -0.2) is 25.0 Å². The van der Waals surface area contributed by atoms with E-state index >= 15 is 0 Å². The Morgan fingerprint density at radius 2 is 1.42 bits per heavy atom. The lowest BCUT2D eigenvalue weighted by atomic mass is 10.1. The normalized spacial score (nSPS) is 14.1. The van der Waals surface area contributed by atoms with Crippen LogP contribution in [0.1, 0.15) is 33.4 Å². The number of anilines is 1. The molecule has 0 atom stereocenters. The topological polar surface area (TPSA) is 94.2 Å². The third-order valence-corrected chi connectivity index (χ3v) is 7.19. The van der Waals surface area contributed by atoms with E-state index in [1.54, 1.807) is 42.5 Å². The van der Waals surface area contributed by atoms with Crippen LogP contribution in [0.15, 0.2) is 90.5 Å². The van der Waals surface area contributed by atoms with Gasteiger partial charge in [-0.05, 0) is 91.1 Å². The largest absolute Gasteiger partial charge is 0.493 e. The number of benzene rings is 4. The van der Waals surface area contributed by atoms with Gasteiger partial charge in [-0.1, -0.05) is 54.1 Å². The zero-order valence-electron chi connectivity index (χ0n) is 24.5. The van der Waals surface area contributed by atoms with Crippen LogP contribution in [0.4, 0.5) is 10.5 Å². The van der Waals surface area contributed by atoms with Gasteiger partial charge >= 0.3 is 6.03 Å². The van der Waals surface area contributed by atoms with Gasteiger partial charge in [-0.25, -0.2) is 9.69 Å². The highest BCUT2D eigenvalue weighted by atomic mass is 16.5. The average Bonchev–Trinajstić information content (AvgIpc) is 3.00. The van der Waals surface area contributed by atoms with Crippen LogP contribution in [-0.2, 0) is 22.8 Å². The lowest BCUT2D eigenvalue weighted by Gasteiger charge is -2.26. The molecule has 1 N–H and O–H groups in total. The first-order valence-corrected chi connectivity index (χ1v) is 13.8. The number of hydrogen-bond acceptors (Lipinski definition) is 6. The highest BCUT2D eigenvalue weighted by Gasteiger charge is 2.36. The van der Waals surface area contributed by atoms with E-state index < -0.39 is 17.8 Å². The Hall–Kier alpha value is -5.37. The number of aryl methyl sites for hydroxylation is 3. The van der Waals surface area contributed by atoms with Gasteiger partial charge in [0.25, 0.3) is 11.8 Å². The molecule has 1 fully saturated rings. The number of urea groups is 1. The molecule has 0 spiro atoms. The van der Waals surface area contributed by atoms with Crippen molar-refractivity contribution in [3.05, 3.63) is 124 Å². The van der Waals surface area contributed by atoms with Crippen molar-refractivity contribution >= 4 is 29.6 Å². The Morgan fingerprint density at radius 1 is 0.721 bits per heavy atom. The molecule has 218 valence electrons. The van der Waals surface area contributed by atoms with Gasteiger partial charge in [-0.3, -0.25) is 14.9 Å². The highest BCUT2D eigenvalue weighted by Crippen LogP contribution is 2.31. The predicted molar refractivity (Wildman–Crippen MR) is 164 cm³/mol. The van der Waals surface area contributed by atoms with Crippen LogP contribution < -0.4 is 24.4 Å². The molecule has 1 aliphatic rings. The summed E-state index contributed by atoms with van der Waals surface area (Å²) >= 11 is 0. The maximum absolute atomic E-state index is 13.4. The average molecular weight is 577 g/mol.